The van der Waals surface area contributed by atoms with E-state index >= 15 is 0 Å². The predicted octanol–water partition coefficient (Wildman–Crippen LogP) is 0.328. The lowest BCUT2D eigenvalue weighted by molar-refractivity contribution is -0.143. The number of carbonyl (C=O) groups is 3. The maximum Gasteiger partial charge on any atom is 0.307 e. The van der Waals surface area contributed by atoms with Crippen molar-refractivity contribution in [1.82, 2.24) is 10.2 Å². The van der Waals surface area contributed by atoms with Crippen molar-refractivity contribution in [3.05, 3.63) is 0 Å². The van der Waals surface area contributed by atoms with E-state index in [1.165, 1.54) is 0 Å². The Morgan fingerprint density at radius 1 is 1.25 bits per heavy atom. The lowest BCUT2D eigenvalue weighted by Crippen LogP contribution is -2.45. The Morgan fingerprint density at radius 3 is 2.40 bits per heavy atom. The number of nitrogens with zero attached hydrogens (tertiary/aromatic N) is 1. The van der Waals surface area contributed by atoms with Gasteiger partial charge < -0.3 is 15.3 Å². The SMILES string of the molecule is CNC(=O)C1CCCN(C(=O)[C@H]2[C@@H](C(=O)O)C2(C)C)C1. The minimum Gasteiger partial charge on any atom is -0.481 e. The number of nitrogens with one attached hydrogen (secondary N) is 1. The average Bonchev–Trinajstić information content (AvgIpc) is 3.00. The van der Waals surface area contributed by atoms with Crippen molar-refractivity contribution in [2.24, 2.45) is 23.2 Å². The first-order valence-corrected chi connectivity index (χ1v) is 7.04. The van der Waals surface area contributed by atoms with Crippen molar-refractivity contribution in [2.45, 2.75) is 26.7 Å². The van der Waals surface area contributed by atoms with Gasteiger partial charge in [-0.1, -0.05) is 13.8 Å². The molecule has 1 aliphatic carbocycles. The molecule has 2 N–H and O–H groups in total. The van der Waals surface area contributed by atoms with Crippen molar-refractivity contribution in [1.29, 1.82) is 0 Å². The Labute approximate surface area is 118 Å². The van der Waals surface area contributed by atoms with Crippen molar-refractivity contribution >= 4 is 17.8 Å². The summed E-state index contributed by atoms with van der Waals surface area (Å²) in [5.74, 6) is -2.31. The molecule has 0 spiro atoms. The second-order valence-electron chi connectivity index (χ2n) is 6.35. The Hall–Kier alpha value is -1.59. The van der Waals surface area contributed by atoms with Crippen molar-refractivity contribution in [3.8, 4) is 0 Å². The van der Waals surface area contributed by atoms with Crippen molar-refractivity contribution in [3.63, 3.8) is 0 Å². The lowest BCUT2D eigenvalue weighted by Gasteiger charge is -2.32. The number of amides is 2. The minimum absolute atomic E-state index is 0.0488. The van der Waals surface area contributed by atoms with Crippen LogP contribution in [0.1, 0.15) is 26.7 Å². The van der Waals surface area contributed by atoms with Crippen LogP contribution >= 0.6 is 0 Å². The van der Waals surface area contributed by atoms with Crippen LogP contribution in [0.3, 0.4) is 0 Å². The highest BCUT2D eigenvalue weighted by Crippen LogP contribution is 2.59. The monoisotopic (exact) mass is 282 g/mol. The lowest BCUT2D eigenvalue weighted by atomic mass is 9.96. The molecule has 0 bridgehead atoms. The number of hydrogen-bond donors (Lipinski definition) is 2. The summed E-state index contributed by atoms with van der Waals surface area (Å²) in [6.07, 6.45) is 1.56. The summed E-state index contributed by atoms with van der Waals surface area (Å²) in [6.45, 7) is 4.64. The van der Waals surface area contributed by atoms with Gasteiger partial charge in [-0.15, -0.1) is 0 Å². The highest BCUT2D eigenvalue weighted by atomic mass is 16.4. The molecular formula is C14H22N2O4. The van der Waals surface area contributed by atoms with Crippen LogP contribution in [0.5, 0.6) is 0 Å². The molecule has 1 unspecified atom stereocenters. The quantitative estimate of drug-likeness (QED) is 0.781. The molecule has 2 aliphatic rings. The number of hydrogen-bond acceptors (Lipinski definition) is 3. The van der Waals surface area contributed by atoms with E-state index < -0.39 is 23.2 Å². The maximum absolute atomic E-state index is 12.5. The zero-order valence-corrected chi connectivity index (χ0v) is 12.2. The fraction of sp³-hybridized carbons (Fsp3) is 0.786. The van der Waals surface area contributed by atoms with Gasteiger partial charge >= 0.3 is 5.97 Å². The van der Waals surface area contributed by atoms with Crippen LogP contribution in [0.15, 0.2) is 0 Å². The maximum atomic E-state index is 12.5. The Balaban J connectivity index is 2.03. The zero-order valence-electron chi connectivity index (χ0n) is 12.2. The zero-order chi connectivity index (χ0) is 15.1. The largest absolute Gasteiger partial charge is 0.481 e. The summed E-state index contributed by atoms with van der Waals surface area (Å²) in [4.78, 5) is 37.0. The average molecular weight is 282 g/mol. The summed E-state index contributed by atoms with van der Waals surface area (Å²) in [5, 5.41) is 11.8. The standard InChI is InChI=1S/C14H22N2O4/c1-14(2)9(10(14)13(19)20)12(18)16-6-4-5-8(7-16)11(17)15-3/h8-10H,4-7H2,1-3H3,(H,15,17)(H,19,20)/t8?,9-,10+/m1/s1. The molecule has 3 atom stereocenters. The van der Waals surface area contributed by atoms with Gasteiger partial charge in [-0.05, 0) is 18.3 Å². The van der Waals surface area contributed by atoms with E-state index in [1.54, 1.807) is 11.9 Å². The Morgan fingerprint density at radius 2 is 1.90 bits per heavy atom. The second-order valence-corrected chi connectivity index (χ2v) is 6.35. The van der Waals surface area contributed by atoms with Gasteiger partial charge in [-0.25, -0.2) is 0 Å². The molecule has 0 radical (unpaired) electrons. The summed E-state index contributed by atoms with van der Waals surface area (Å²) >= 11 is 0. The third-order valence-corrected chi connectivity index (χ3v) is 4.71. The molecule has 0 aromatic rings. The molecule has 6 heteroatoms. The number of rotatable bonds is 3. The van der Waals surface area contributed by atoms with Crippen LogP contribution in [-0.2, 0) is 14.4 Å². The van der Waals surface area contributed by atoms with Gasteiger partial charge in [0.05, 0.1) is 17.8 Å². The summed E-state index contributed by atoms with van der Waals surface area (Å²) in [6, 6.07) is 0. The molecule has 1 aliphatic heterocycles. The molecule has 0 aromatic carbocycles. The fourth-order valence-corrected chi connectivity index (χ4v) is 3.35. The molecule has 1 saturated heterocycles. The second kappa shape index (κ2) is 5.07. The van der Waals surface area contributed by atoms with Crippen LogP contribution in [0.4, 0.5) is 0 Å². The van der Waals surface area contributed by atoms with E-state index in [0.29, 0.717) is 13.1 Å². The van der Waals surface area contributed by atoms with Gasteiger partial charge in [0.25, 0.3) is 0 Å². The number of piperidine rings is 1. The van der Waals surface area contributed by atoms with Crippen LogP contribution in [0.2, 0.25) is 0 Å². The summed E-state index contributed by atoms with van der Waals surface area (Å²) in [5.41, 5.74) is -0.483. The molecule has 2 amide bonds. The molecule has 0 aromatic heterocycles. The van der Waals surface area contributed by atoms with Gasteiger partial charge in [0, 0.05) is 20.1 Å². The normalized spacial score (nSPS) is 31.6. The highest BCUT2D eigenvalue weighted by Gasteiger charge is 2.66. The van der Waals surface area contributed by atoms with Crippen LogP contribution < -0.4 is 5.32 Å². The third kappa shape index (κ3) is 2.39. The first-order chi connectivity index (χ1) is 9.30. The minimum atomic E-state index is -0.909. The van der Waals surface area contributed by atoms with Crippen LogP contribution in [0.25, 0.3) is 0 Å². The van der Waals surface area contributed by atoms with E-state index in [9.17, 15) is 14.4 Å². The third-order valence-electron chi connectivity index (χ3n) is 4.71. The summed E-state index contributed by atoms with van der Waals surface area (Å²) < 4.78 is 0. The smallest absolute Gasteiger partial charge is 0.307 e. The number of carbonyl (C=O) groups excluding carboxylic acids is 2. The molecule has 2 rings (SSSR count). The van der Waals surface area contributed by atoms with E-state index in [0.717, 1.165) is 12.8 Å². The predicted molar refractivity (Wildman–Crippen MR) is 71.8 cm³/mol. The molecule has 112 valence electrons. The van der Waals surface area contributed by atoms with E-state index in [4.69, 9.17) is 5.11 Å². The fourth-order valence-electron chi connectivity index (χ4n) is 3.35. The topological polar surface area (TPSA) is 86.7 Å². The molecule has 1 saturated carbocycles. The van der Waals surface area contributed by atoms with E-state index in [2.05, 4.69) is 5.32 Å². The summed E-state index contributed by atoms with van der Waals surface area (Å²) in [7, 11) is 1.59. The molecule has 20 heavy (non-hydrogen) atoms. The van der Waals surface area contributed by atoms with Gasteiger partial charge in [-0.2, -0.15) is 0 Å². The number of aliphatic carboxylic acids is 1. The van der Waals surface area contributed by atoms with Crippen molar-refractivity contribution < 1.29 is 19.5 Å². The van der Waals surface area contributed by atoms with E-state index in [-0.39, 0.29) is 17.7 Å². The first kappa shape index (κ1) is 14.8. The molecule has 6 nitrogen and oxygen atoms in total. The Kier molecular flexibility index (Phi) is 3.75. The number of carboxylic acids is 1. The highest BCUT2D eigenvalue weighted by molar-refractivity contribution is 5.92. The van der Waals surface area contributed by atoms with Gasteiger partial charge in [-0.3, -0.25) is 14.4 Å². The number of likely N-dealkylation sites (tertiary alicyclic amines) is 1. The van der Waals surface area contributed by atoms with Crippen LogP contribution in [-0.4, -0.2) is 47.9 Å². The van der Waals surface area contributed by atoms with Crippen molar-refractivity contribution in [2.75, 3.05) is 20.1 Å². The Bertz CT molecular complexity index is 446. The molecular weight excluding hydrogens is 260 g/mol. The number of carboxylic acid groups (broad SMARTS) is 1. The van der Waals surface area contributed by atoms with Crippen LogP contribution in [0, 0.1) is 23.2 Å². The van der Waals surface area contributed by atoms with Gasteiger partial charge in [0.2, 0.25) is 11.8 Å². The van der Waals surface area contributed by atoms with Gasteiger partial charge in [0.15, 0.2) is 0 Å². The molecule has 1 heterocycles. The van der Waals surface area contributed by atoms with E-state index in [1.807, 2.05) is 13.8 Å². The molecule has 2 fully saturated rings. The van der Waals surface area contributed by atoms with Gasteiger partial charge in [0.1, 0.15) is 0 Å². The first-order valence-electron chi connectivity index (χ1n) is 7.04.